The molecule has 92 valence electrons. The van der Waals surface area contributed by atoms with E-state index < -0.39 is 0 Å². The normalized spacial score (nSPS) is 10.1. The van der Waals surface area contributed by atoms with E-state index in [9.17, 15) is 4.79 Å². The second-order valence-electron chi connectivity index (χ2n) is 3.91. The zero-order valence-corrected chi connectivity index (χ0v) is 10.8. The fourth-order valence-corrected chi connectivity index (χ4v) is 1.86. The number of halogens is 1. The van der Waals surface area contributed by atoms with Gasteiger partial charge < -0.3 is 4.74 Å². The summed E-state index contributed by atoms with van der Waals surface area (Å²) in [6, 6.07) is 12.8. The van der Waals surface area contributed by atoms with Crippen molar-refractivity contribution in [3.8, 4) is 11.5 Å². The number of ether oxygens (including phenoxy) is 1. The van der Waals surface area contributed by atoms with Crippen LogP contribution in [0.2, 0.25) is 5.02 Å². The molecule has 2 aromatic rings. The minimum Gasteiger partial charge on any atom is -0.456 e. The molecule has 0 bridgehead atoms. The lowest BCUT2D eigenvalue weighted by Gasteiger charge is -2.08. The van der Waals surface area contributed by atoms with E-state index in [0.29, 0.717) is 16.3 Å². The maximum absolute atomic E-state index is 10.6. The van der Waals surface area contributed by atoms with E-state index in [1.807, 2.05) is 24.3 Å². The fraction of sp³-hybridized carbons (Fsp3) is 0.133. The summed E-state index contributed by atoms with van der Waals surface area (Å²) in [7, 11) is 0. The van der Waals surface area contributed by atoms with Crippen molar-refractivity contribution in [3.63, 3.8) is 0 Å². The van der Waals surface area contributed by atoms with Gasteiger partial charge in [-0.2, -0.15) is 0 Å². The largest absolute Gasteiger partial charge is 0.456 e. The van der Waals surface area contributed by atoms with Gasteiger partial charge in [-0.1, -0.05) is 30.7 Å². The van der Waals surface area contributed by atoms with Crippen LogP contribution in [0, 0.1) is 0 Å². The van der Waals surface area contributed by atoms with E-state index in [1.54, 1.807) is 18.2 Å². The van der Waals surface area contributed by atoms with Crippen molar-refractivity contribution in [1.82, 2.24) is 0 Å². The molecule has 0 saturated heterocycles. The van der Waals surface area contributed by atoms with Gasteiger partial charge in [0.05, 0.1) is 5.02 Å². The summed E-state index contributed by atoms with van der Waals surface area (Å²) in [6.45, 7) is 2.09. The molecule has 0 fully saturated rings. The average Bonchev–Trinajstić information content (AvgIpc) is 2.41. The van der Waals surface area contributed by atoms with Gasteiger partial charge in [-0.3, -0.25) is 4.79 Å². The molecule has 2 rings (SSSR count). The van der Waals surface area contributed by atoms with E-state index in [2.05, 4.69) is 6.92 Å². The van der Waals surface area contributed by atoms with Crippen molar-refractivity contribution in [2.45, 2.75) is 13.3 Å². The number of benzene rings is 2. The van der Waals surface area contributed by atoms with Crippen molar-refractivity contribution in [1.29, 1.82) is 0 Å². The van der Waals surface area contributed by atoms with Gasteiger partial charge in [0.25, 0.3) is 0 Å². The van der Waals surface area contributed by atoms with E-state index in [-0.39, 0.29) is 0 Å². The Bertz CT molecular complexity index is 564. The predicted molar refractivity (Wildman–Crippen MR) is 72.7 cm³/mol. The molecule has 0 aromatic heterocycles. The highest BCUT2D eigenvalue weighted by molar-refractivity contribution is 6.32. The fourth-order valence-electron chi connectivity index (χ4n) is 1.63. The molecular formula is C15H13ClO2. The van der Waals surface area contributed by atoms with Crippen LogP contribution in [-0.4, -0.2) is 6.29 Å². The molecule has 2 nitrogen and oxygen atoms in total. The SMILES string of the molecule is CCc1cccc(Oc2ccc(C=O)cc2Cl)c1. The Morgan fingerprint density at radius 3 is 2.72 bits per heavy atom. The van der Waals surface area contributed by atoms with Crippen molar-refractivity contribution in [2.75, 3.05) is 0 Å². The van der Waals surface area contributed by atoms with Gasteiger partial charge >= 0.3 is 0 Å². The first-order valence-electron chi connectivity index (χ1n) is 5.74. The lowest BCUT2D eigenvalue weighted by molar-refractivity contribution is 0.112. The molecule has 0 unspecified atom stereocenters. The molecule has 2 aromatic carbocycles. The molecule has 3 heteroatoms. The van der Waals surface area contributed by atoms with Crippen LogP contribution in [0.3, 0.4) is 0 Å². The molecule has 0 heterocycles. The molecule has 0 aliphatic rings. The number of hydrogen-bond acceptors (Lipinski definition) is 2. The van der Waals surface area contributed by atoms with Gasteiger partial charge in [0.1, 0.15) is 17.8 Å². The quantitative estimate of drug-likeness (QED) is 0.756. The maximum atomic E-state index is 10.6. The van der Waals surface area contributed by atoms with E-state index in [0.717, 1.165) is 18.5 Å². The smallest absolute Gasteiger partial charge is 0.150 e. The van der Waals surface area contributed by atoms with Gasteiger partial charge in [0.2, 0.25) is 0 Å². The third kappa shape index (κ3) is 2.90. The van der Waals surface area contributed by atoms with Crippen LogP contribution in [0.15, 0.2) is 42.5 Å². The van der Waals surface area contributed by atoms with E-state index in [4.69, 9.17) is 16.3 Å². The Morgan fingerprint density at radius 2 is 2.06 bits per heavy atom. The Hall–Kier alpha value is -1.80. The third-order valence-electron chi connectivity index (χ3n) is 2.63. The number of carbonyl (C=O) groups is 1. The number of aryl methyl sites for hydroxylation is 1. The molecule has 0 aliphatic heterocycles. The van der Waals surface area contributed by atoms with Crippen LogP contribution in [0.25, 0.3) is 0 Å². The summed E-state index contributed by atoms with van der Waals surface area (Å²) < 4.78 is 5.70. The second-order valence-corrected chi connectivity index (χ2v) is 4.32. The Morgan fingerprint density at radius 1 is 1.22 bits per heavy atom. The Kier molecular flexibility index (Phi) is 4.00. The van der Waals surface area contributed by atoms with Crippen molar-refractivity contribution < 1.29 is 9.53 Å². The maximum Gasteiger partial charge on any atom is 0.150 e. The molecule has 0 N–H and O–H groups in total. The lowest BCUT2D eigenvalue weighted by Crippen LogP contribution is -1.88. The van der Waals surface area contributed by atoms with Crippen molar-refractivity contribution >= 4 is 17.9 Å². The van der Waals surface area contributed by atoms with Gasteiger partial charge in [-0.25, -0.2) is 0 Å². The van der Waals surface area contributed by atoms with Crippen LogP contribution in [0.1, 0.15) is 22.8 Å². The van der Waals surface area contributed by atoms with Crippen LogP contribution in [0.4, 0.5) is 0 Å². The van der Waals surface area contributed by atoms with Crippen LogP contribution in [0.5, 0.6) is 11.5 Å². The highest BCUT2D eigenvalue weighted by Crippen LogP contribution is 2.30. The van der Waals surface area contributed by atoms with E-state index >= 15 is 0 Å². The number of rotatable bonds is 4. The zero-order chi connectivity index (χ0) is 13.0. The standard InChI is InChI=1S/C15H13ClO2/c1-2-11-4-3-5-13(8-11)18-15-7-6-12(10-17)9-14(15)16/h3-10H,2H2,1H3. The molecular weight excluding hydrogens is 248 g/mol. The Labute approximate surface area is 111 Å². The summed E-state index contributed by atoms with van der Waals surface area (Å²) in [5.41, 5.74) is 1.74. The first-order chi connectivity index (χ1) is 8.72. The summed E-state index contributed by atoms with van der Waals surface area (Å²) >= 11 is 6.05. The lowest BCUT2D eigenvalue weighted by atomic mass is 10.2. The summed E-state index contributed by atoms with van der Waals surface area (Å²) in [6.07, 6.45) is 1.71. The first kappa shape index (κ1) is 12.7. The second kappa shape index (κ2) is 5.69. The highest BCUT2D eigenvalue weighted by Gasteiger charge is 2.04. The van der Waals surface area contributed by atoms with Gasteiger partial charge in [-0.15, -0.1) is 0 Å². The molecule has 0 atom stereocenters. The Balaban J connectivity index is 2.25. The summed E-state index contributed by atoms with van der Waals surface area (Å²) in [5, 5.41) is 0.432. The topological polar surface area (TPSA) is 26.3 Å². The third-order valence-corrected chi connectivity index (χ3v) is 2.92. The number of carbonyl (C=O) groups excluding carboxylic acids is 1. The molecule has 0 radical (unpaired) electrons. The van der Waals surface area contributed by atoms with Gasteiger partial charge in [0.15, 0.2) is 0 Å². The highest BCUT2D eigenvalue weighted by atomic mass is 35.5. The summed E-state index contributed by atoms with van der Waals surface area (Å²) in [4.78, 5) is 10.6. The molecule has 0 saturated carbocycles. The van der Waals surface area contributed by atoms with Crippen LogP contribution in [-0.2, 0) is 6.42 Å². The van der Waals surface area contributed by atoms with E-state index in [1.165, 1.54) is 5.56 Å². The van der Waals surface area contributed by atoms with Gasteiger partial charge in [-0.05, 0) is 42.3 Å². The minimum atomic E-state index is 0.432. The molecule has 0 amide bonds. The number of hydrogen-bond donors (Lipinski definition) is 0. The predicted octanol–water partition coefficient (Wildman–Crippen LogP) is 4.51. The van der Waals surface area contributed by atoms with Crippen LogP contribution >= 0.6 is 11.6 Å². The molecule has 18 heavy (non-hydrogen) atoms. The summed E-state index contributed by atoms with van der Waals surface area (Å²) in [5.74, 6) is 1.30. The first-order valence-corrected chi connectivity index (χ1v) is 6.12. The van der Waals surface area contributed by atoms with Crippen molar-refractivity contribution in [2.24, 2.45) is 0 Å². The minimum absolute atomic E-state index is 0.432. The molecule has 0 spiro atoms. The number of aldehydes is 1. The van der Waals surface area contributed by atoms with Gasteiger partial charge in [0, 0.05) is 5.56 Å². The average molecular weight is 261 g/mol. The zero-order valence-electron chi connectivity index (χ0n) is 10.0. The molecule has 0 aliphatic carbocycles. The van der Waals surface area contributed by atoms with Crippen molar-refractivity contribution in [3.05, 3.63) is 58.6 Å². The monoisotopic (exact) mass is 260 g/mol. The van der Waals surface area contributed by atoms with Crippen LogP contribution < -0.4 is 4.74 Å².